The molecule has 0 saturated carbocycles. The number of nitrogens with zero attached hydrogens (tertiary/aromatic N) is 1. The number of carbonyl (C=O) groups excluding carboxylic acids is 3. The molecular weight excluding hydrogens is 309 g/mol. The highest BCUT2D eigenvalue weighted by Gasteiger charge is 2.38. The van der Waals surface area contributed by atoms with E-state index in [1.54, 1.807) is 11.8 Å². The first-order valence-corrected chi connectivity index (χ1v) is 8.07. The lowest BCUT2D eigenvalue weighted by Gasteiger charge is -2.13. The van der Waals surface area contributed by atoms with Gasteiger partial charge in [0.1, 0.15) is 18.4 Å². The van der Waals surface area contributed by atoms with Gasteiger partial charge in [-0.2, -0.15) is 11.8 Å². The fraction of sp³-hybridized carbons (Fsp3) is 0.357. The van der Waals surface area contributed by atoms with Gasteiger partial charge < -0.3 is 10.6 Å². The Morgan fingerprint density at radius 1 is 1.45 bits per heavy atom. The van der Waals surface area contributed by atoms with Gasteiger partial charge in [0.15, 0.2) is 0 Å². The number of hydrogen-bond acceptors (Lipinski definition) is 4. The molecule has 118 valence electrons. The third kappa shape index (κ3) is 3.97. The van der Waals surface area contributed by atoms with Gasteiger partial charge in [0.2, 0.25) is 5.91 Å². The third-order valence-electron chi connectivity index (χ3n) is 3.13. The van der Waals surface area contributed by atoms with E-state index in [0.717, 1.165) is 16.7 Å². The predicted molar refractivity (Wildman–Crippen MR) is 82.1 cm³/mol. The summed E-state index contributed by atoms with van der Waals surface area (Å²) >= 11 is 1.57. The van der Waals surface area contributed by atoms with E-state index in [1.807, 2.05) is 6.26 Å². The summed E-state index contributed by atoms with van der Waals surface area (Å²) in [5, 5.41) is 5.00. The first-order valence-electron chi connectivity index (χ1n) is 6.67. The lowest BCUT2D eigenvalue weighted by Crippen LogP contribution is -2.38. The molecule has 0 aromatic heterocycles. The molecule has 0 radical (unpaired) electrons. The zero-order chi connectivity index (χ0) is 16.1. The average Bonchev–Trinajstić information content (AvgIpc) is 2.72. The zero-order valence-electron chi connectivity index (χ0n) is 12.0. The maximum Gasteiger partial charge on any atom is 0.325 e. The number of urea groups is 1. The van der Waals surface area contributed by atoms with E-state index in [9.17, 15) is 18.8 Å². The van der Waals surface area contributed by atoms with Crippen molar-refractivity contribution in [1.82, 2.24) is 10.2 Å². The molecule has 1 heterocycles. The van der Waals surface area contributed by atoms with E-state index in [2.05, 4.69) is 10.6 Å². The van der Waals surface area contributed by atoms with E-state index < -0.39 is 36.2 Å². The summed E-state index contributed by atoms with van der Waals surface area (Å²) < 4.78 is 13.0. The predicted octanol–water partition coefficient (Wildman–Crippen LogP) is 1.44. The molecule has 2 rings (SSSR count). The zero-order valence-corrected chi connectivity index (χ0v) is 12.8. The maximum atomic E-state index is 13.0. The molecule has 1 aliphatic rings. The summed E-state index contributed by atoms with van der Waals surface area (Å²) in [4.78, 5) is 36.6. The highest BCUT2D eigenvalue weighted by molar-refractivity contribution is 7.98. The maximum absolute atomic E-state index is 13.0. The molecule has 1 fully saturated rings. The molecule has 0 spiro atoms. The van der Waals surface area contributed by atoms with Crippen LogP contribution in [-0.2, 0) is 9.59 Å². The molecule has 1 aromatic rings. The summed E-state index contributed by atoms with van der Waals surface area (Å²) in [7, 11) is 0. The number of rotatable bonds is 6. The second kappa shape index (κ2) is 7.26. The van der Waals surface area contributed by atoms with Crippen LogP contribution in [0.1, 0.15) is 6.42 Å². The summed E-state index contributed by atoms with van der Waals surface area (Å²) in [5.41, 5.74) is 0.274. The summed E-state index contributed by atoms with van der Waals surface area (Å²) in [5.74, 6) is -0.710. The number of imide groups is 1. The van der Waals surface area contributed by atoms with Crippen molar-refractivity contribution in [2.45, 2.75) is 12.5 Å². The molecule has 22 heavy (non-hydrogen) atoms. The molecule has 2 N–H and O–H groups in total. The Morgan fingerprint density at radius 2 is 2.23 bits per heavy atom. The molecule has 0 bridgehead atoms. The van der Waals surface area contributed by atoms with Gasteiger partial charge in [-0.1, -0.05) is 6.07 Å². The number of hydrogen-bond donors (Lipinski definition) is 2. The number of anilines is 1. The Morgan fingerprint density at radius 3 is 2.91 bits per heavy atom. The van der Waals surface area contributed by atoms with E-state index in [4.69, 9.17) is 0 Å². The van der Waals surface area contributed by atoms with Crippen LogP contribution in [0.25, 0.3) is 0 Å². The van der Waals surface area contributed by atoms with E-state index >= 15 is 0 Å². The van der Waals surface area contributed by atoms with Crippen LogP contribution in [0, 0.1) is 5.82 Å². The molecule has 1 aromatic carbocycles. The SMILES string of the molecule is CSCC[C@H]1NC(=O)N(CC(=O)Nc2cccc(F)c2)C1=O. The molecule has 6 nitrogen and oxygen atoms in total. The van der Waals surface area contributed by atoms with Gasteiger partial charge in [-0.15, -0.1) is 0 Å². The molecule has 1 aliphatic heterocycles. The number of nitrogens with one attached hydrogen (secondary N) is 2. The van der Waals surface area contributed by atoms with Crippen molar-refractivity contribution in [1.29, 1.82) is 0 Å². The minimum absolute atomic E-state index is 0.274. The minimum Gasteiger partial charge on any atom is -0.326 e. The second-order valence-electron chi connectivity index (χ2n) is 4.77. The standard InChI is InChI=1S/C14H16FN3O3S/c1-22-6-5-11-13(20)18(14(21)17-11)8-12(19)16-10-4-2-3-9(15)7-10/h2-4,7,11H,5-6,8H2,1H3,(H,16,19)(H,17,21)/t11-/m1/s1. The van der Waals surface area contributed by atoms with Crippen molar-refractivity contribution in [3.63, 3.8) is 0 Å². The van der Waals surface area contributed by atoms with Gasteiger partial charge in [-0.05, 0) is 36.6 Å². The van der Waals surface area contributed by atoms with Crippen molar-refractivity contribution >= 4 is 35.3 Å². The molecule has 0 aliphatic carbocycles. The quantitative estimate of drug-likeness (QED) is 0.776. The topological polar surface area (TPSA) is 78.5 Å². The summed E-state index contributed by atoms with van der Waals surface area (Å²) in [6, 6.07) is 4.23. The largest absolute Gasteiger partial charge is 0.326 e. The highest BCUT2D eigenvalue weighted by Crippen LogP contribution is 2.13. The lowest BCUT2D eigenvalue weighted by atomic mass is 10.2. The van der Waals surface area contributed by atoms with Gasteiger partial charge in [-0.25, -0.2) is 9.18 Å². The monoisotopic (exact) mass is 325 g/mol. The van der Waals surface area contributed by atoms with Crippen LogP contribution in [0.15, 0.2) is 24.3 Å². The van der Waals surface area contributed by atoms with Gasteiger partial charge in [0, 0.05) is 5.69 Å². The Labute approximate surface area is 131 Å². The number of thioether (sulfide) groups is 1. The fourth-order valence-electron chi connectivity index (χ4n) is 2.07. The van der Waals surface area contributed by atoms with Gasteiger partial charge >= 0.3 is 6.03 Å². The van der Waals surface area contributed by atoms with Crippen molar-refractivity contribution in [3.05, 3.63) is 30.1 Å². The van der Waals surface area contributed by atoms with Gasteiger partial charge in [-0.3, -0.25) is 14.5 Å². The van der Waals surface area contributed by atoms with E-state index in [1.165, 1.54) is 18.2 Å². The Kier molecular flexibility index (Phi) is 5.37. The van der Waals surface area contributed by atoms with Crippen LogP contribution in [0.2, 0.25) is 0 Å². The third-order valence-corrected chi connectivity index (χ3v) is 3.77. The van der Waals surface area contributed by atoms with Gasteiger partial charge in [0.05, 0.1) is 0 Å². The molecular formula is C14H16FN3O3S. The smallest absolute Gasteiger partial charge is 0.325 e. The van der Waals surface area contributed by atoms with E-state index in [-0.39, 0.29) is 5.69 Å². The number of carbonyl (C=O) groups is 3. The van der Waals surface area contributed by atoms with Crippen molar-refractivity contribution in [3.8, 4) is 0 Å². The number of halogens is 1. The van der Waals surface area contributed by atoms with E-state index in [0.29, 0.717) is 6.42 Å². The minimum atomic E-state index is -0.582. The first-order chi connectivity index (χ1) is 10.5. The Balaban J connectivity index is 1.93. The normalized spacial score (nSPS) is 17.5. The molecule has 8 heteroatoms. The Bertz CT molecular complexity index is 596. The van der Waals surface area contributed by atoms with Crippen LogP contribution >= 0.6 is 11.8 Å². The molecule has 1 saturated heterocycles. The number of amides is 4. The summed E-state index contributed by atoms with van der Waals surface area (Å²) in [6.07, 6.45) is 2.43. The molecule has 0 unspecified atom stereocenters. The highest BCUT2D eigenvalue weighted by atomic mass is 32.2. The second-order valence-corrected chi connectivity index (χ2v) is 5.75. The first kappa shape index (κ1) is 16.3. The van der Waals surface area contributed by atoms with Crippen molar-refractivity contribution in [2.24, 2.45) is 0 Å². The van der Waals surface area contributed by atoms with Crippen LogP contribution in [0.3, 0.4) is 0 Å². The van der Waals surface area contributed by atoms with Crippen LogP contribution in [-0.4, -0.2) is 47.3 Å². The fourth-order valence-corrected chi connectivity index (χ4v) is 2.54. The summed E-state index contributed by atoms with van der Waals surface area (Å²) in [6.45, 7) is -0.392. The lowest BCUT2D eigenvalue weighted by molar-refractivity contribution is -0.130. The van der Waals surface area contributed by atoms with Gasteiger partial charge in [0.25, 0.3) is 5.91 Å². The van der Waals surface area contributed by atoms with Crippen LogP contribution < -0.4 is 10.6 Å². The average molecular weight is 325 g/mol. The van der Waals surface area contributed by atoms with Crippen LogP contribution in [0.4, 0.5) is 14.9 Å². The Hall–Kier alpha value is -2.09. The number of benzene rings is 1. The van der Waals surface area contributed by atoms with Crippen LogP contribution in [0.5, 0.6) is 0 Å². The van der Waals surface area contributed by atoms with Crippen molar-refractivity contribution < 1.29 is 18.8 Å². The molecule has 1 atom stereocenters. The molecule has 4 amide bonds. The van der Waals surface area contributed by atoms with Crippen molar-refractivity contribution in [2.75, 3.05) is 23.9 Å².